The summed E-state index contributed by atoms with van der Waals surface area (Å²) in [5, 5.41) is 2.71. The second kappa shape index (κ2) is 10.2. The van der Waals surface area contributed by atoms with E-state index in [0.717, 1.165) is 36.2 Å². The van der Waals surface area contributed by atoms with Crippen LogP contribution in [0.1, 0.15) is 38.2 Å². The quantitative estimate of drug-likeness (QED) is 0.493. The van der Waals surface area contributed by atoms with Crippen molar-refractivity contribution in [3.05, 3.63) is 59.9 Å². The molecule has 0 saturated carbocycles. The van der Waals surface area contributed by atoms with E-state index in [1.54, 1.807) is 12.1 Å². The first kappa shape index (κ1) is 22.5. The molecule has 0 spiro atoms. The number of esters is 1. The summed E-state index contributed by atoms with van der Waals surface area (Å²) < 4.78 is 42.1. The van der Waals surface area contributed by atoms with E-state index in [1.807, 2.05) is 26.0 Å². The van der Waals surface area contributed by atoms with E-state index in [1.165, 1.54) is 0 Å². The Morgan fingerprint density at radius 3 is 2.41 bits per heavy atom. The Labute approximate surface area is 170 Å². The fraction of sp³-hybridized carbons (Fsp3) is 0.333. The van der Waals surface area contributed by atoms with Crippen LogP contribution >= 0.6 is 0 Å². The molecule has 0 fully saturated rings. The largest absolute Gasteiger partial charge is 0.456 e. The molecule has 29 heavy (non-hydrogen) atoms. The molecule has 1 amide bonds. The Morgan fingerprint density at radius 1 is 1.10 bits per heavy atom. The van der Waals surface area contributed by atoms with Crippen molar-refractivity contribution in [2.75, 3.05) is 17.7 Å². The van der Waals surface area contributed by atoms with Crippen molar-refractivity contribution >= 4 is 27.4 Å². The van der Waals surface area contributed by atoms with Crippen molar-refractivity contribution in [2.24, 2.45) is 0 Å². The number of carbonyl (C=O) groups is 2. The van der Waals surface area contributed by atoms with Crippen molar-refractivity contribution in [1.29, 1.82) is 0 Å². The lowest BCUT2D eigenvalue weighted by Gasteiger charge is -2.15. The zero-order chi connectivity index (χ0) is 21.4. The number of halogens is 1. The molecule has 0 aromatic heterocycles. The minimum absolute atomic E-state index is 0.0777. The molecule has 0 bridgehead atoms. The number of anilines is 1. The number of para-hydroxylation sites is 1. The van der Waals surface area contributed by atoms with E-state index in [-0.39, 0.29) is 10.8 Å². The lowest BCUT2D eigenvalue weighted by atomic mass is 9.97. The highest BCUT2D eigenvalue weighted by Crippen LogP contribution is 2.26. The first-order valence-electron chi connectivity index (χ1n) is 9.25. The zero-order valence-corrected chi connectivity index (χ0v) is 17.2. The smallest absolute Gasteiger partial charge is 0.307 e. The number of amides is 1. The summed E-state index contributed by atoms with van der Waals surface area (Å²) in [7, 11) is -3.75. The average molecular weight is 421 g/mol. The zero-order valence-electron chi connectivity index (χ0n) is 16.4. The molecule has 1 N–H and O–H groups in total. The van der Waals surface area contributed by atoms with Gasteiger partial charge >= 0.3 is 5.97 Å². The highest BCUT2D eigenvalue weighted by Gasteiger charge is 2.18. The fourth-order valence-electron chi connectivity index (χ4n) is 2.64. The van der Waals surface area contributed by atoms with E-state index >= 15 is 0 Å². The Bertz CT molecular complexity index is 957. The van der Waals surface area contributed by atoms with Crippen LogP contribution in [0.2, 0.25) is 0 Å². The average Bonchev–Trinajstić information content (AvgIpc) is 2.71. The van der Waals surface area contributed by atoms with Gasteiger partial charge in [0, 0.05) is 5.69 Å². The van der Waals surface area contributed by atoms with Gasteiger partial charge in [0.15, 0.2) is 16.4 Å². The van der Waals surface area contributed by atoms with Gasteiger partial charge in [0.1, 0.15) is 5.82 Å². The predicted molar refractivity (Wildman–Crippen MR) is 108 cm³/mol. The number of sulfone groups is 1. The van der Waals surface area contributed by atoms with Gasteiger partial charge in [0.25, 0.3) is 5.91 Å². The van der Waals surface area contributed by atoms with Gasteiger partial charge in [0.05, 0.1) is 17.1 Å². The van der Waals surface area contributed by atoms with E-state index in [9.17, 15) is 22.4 Å². The number of hydrogen-bond acceptors (Lipinski definition) is 5. The molecule has 0 radical (unpaired) electrons. The van der Waals surface area contributed by atoms with Crippen LogP contribution in [0.15, 0.2) is 53.4 Å². The number of rotatable bonds is 9. The number of hydrogen-bond donors (Lipinski definition) is 1. The van der Waals surface area contributed by atoms with Gasteiger partial charge in [-0.15, -0.1) is 0 Å². The molecule has 0 saturated heterocycles. The molecule has 6 nitrogen and oxygen atoms in total. The van der Waals surface area contributed by atoms with Crippen LogP contribution in [0.4, 0.5) is 10.1 Å². The molecule has 0 aliphatic heterocycles. The van der Waals surface area contributed by atoms with Crippen LogP contribution in [0.3, 0.4) is 0 Å². The van der Waals surface area contributed by atoms with Crippen molar-refractivity contribution < 1.29 is 27.1 Å². The third kappa shape index (κ3) is 6.67. The molecule has 2 aromatic rings. The molecule has 1 atom stereocenters. The Morgan fingerprint density at radius 2 is 1.76 bits per heavy atom. The van der Waals surface area contributed by atoms with Gasteiger partial charge in [-0.1, -0.05) is 32.0 Å². The molecule has 156 valence electrons. The maximum atomic E-state index is 12.9. The van der Waals surface area contributed by atoms with Crippen LogP contribution in [-0.4, -0.2) is 32.7 Å². The SMILES string of the molecule is CC[C@H](C)c1ccccc1NC(=O)COC(=O)CCS(=O)(=O)c1ccc(F)cc1. The normalized spacial score (nSPS) is 12.2. The van der Waals surface area contributed by atoms with Crippen LogP contribution in [-0.2, 0) is 24.2 Å². The first-order valence-corrected chi connectivity index (χ1v) is 10.9. The van der Waals surface area contributed by atoms with E-state index < -0.39 is 46.3 Å². The molecular formula is C21H24FNO5S. The monoisotopic (exact) mass is 421 g/mol. The van der Waals surface area contributed by atoms with Gasteiger partial charge < -0.3 is 10.1 Å². The Balaban J connectivity index is 1.85. The summed E-state index contributed by atoms with van der Waals surface area (Å²) in [5.41, 5.74) is 1.64. The number of ether oxygens (including phenoxy) is 1. The summed E-state index contributed by atoms with van der Waals surface area (Å²) >= 11 is 0. The predicted octanol–water partition coefficient (Wildman–Crippen LogP) is 3.68. The first-order chi connectivity index (χ1) is 13.7. The van der Waals surface area contributed by atoms with Gasteiger partial charge in [0.2, 0.25) is 0 Å². The van der Waals surface area contributed by atoms with Crippen LogP contribution in [0.5, 0.6) is 0 Å². The Kier molecular flexibility index (Phi) is 7.90. The van der Waals surface area contributed by atoms with Crippen molar-refractivity contribution in [3.63, 3.8) is 0 Å². The summed E-state index contributed by atoms with van der Waals surface area (Å²) in [4.78, 5) is 23.8. The highest BCUT2D eigenvalue weighted by molar-refractivity contribution is 7.91. The fourth-order valence-corrected chi connectivity index (χ4v) is 3.86. The summed E-state index contributed by atoms with van der Waals surface area (Å²) in [6, 6.07) is 11.7. The standard InChI is InChI=1S/C21H24FNO5S/c1-3-15(2)18-6-4-5-7-19(18)23-20(24)14-28-21(25)12-13-29(26,27)17-10-8-16(22)9-11-17/h4-11,15H,3,12-14H2,1-2H3,(H,23,24)/t15-/m0/s1. The molecule has 0 unspecified atom stereocenters. The maximum Gasteiger partial charge on any atom is 0.307 e. The molecule has 2 rings (SSSR count). The topological polar surface area (TPSA) is 89.5 Å². The van der Waals surface area contributed by atoms with E-state index in [0.29, 0.717) is 5.69 Å². The number of nitrogens with one attached hydrogen (secondary N) is 1. The van der Waals surface area contributed by atoms with E-state index in [2.05, 4.69) is 5.32 Å². The second-order valence-electron chi connectivity index (χ2n) is 6.63. The second-order valence-corrected chi connectivity index (χ2v) is 8.74. The van der Waals surface area contributed by atoms with Crippen molar-refractivity contribution in [2.45, 2.75) is 37.5 Å². The van der Waals surface area contributed by atoms with Crippen LogP contribution in [0, 0.1) is 5.82 Å². The highest BCUT2D eigenvalue weighted by atomic mass is 32.2. The minimum Gasteiger partial charge on any atom is -0.456 e. The van der Waals surface area contributed by atoms with Crippen LogP contribution in [0.25, 0.3) is 0 Å². The van der Waals surface area contributed by atoms with Gasteiger partial charge in [-0.2, -0.15) is 0 Å². The third-order valence-corrected chi connectivity index (χ3v) is 6.22. The van der Waals surface area contributed by atoms with Gasteiger partial charge in [-0.05, 0) is 48.2 Å². The lowest BCUT2D eigenvalue weighted by molar-refractivity contribution is -0.146. The summed E-state index contributed by atoms with van der Waals surface area (Å²) in [6.07, 6.45) is 0.501. The molecule has 8 heteroatoms. The van der Waals surface area contributed by atoms with E-state index in [4.69, 9.17) is 4.74 Å². The lowest BCUT2D eigenvalue weighted by Crippen LogP contribution is -2.22. The van der Waals surface area contributed by atoms with Crippen LogP contribution < -0.4 is 5.32 Å². The molecule has 0 aliphatic rings. The van der Waals surface area contributed by atoms with Gasteiger partial charge in [-0.3, -0.25) is 9.59 Å². The van der Waals surface area contributed by atoms with Crippen molar-refractivity contribution in [1.82, 2.24) is 0 Å². The summed E-state index contributed by atoms with van der Waals surface area (Å²) in [6.45, 7) is 3.59. The molecular weight excluding hydrogens is 397 g/mol. The van der Waals surface area contributed by atoms with Gasteiger partial charge in [-0.25, -0.2) is 12.8 Å². The maximum absolute atomic E-state index is 12.9. The summed E-state index contributed by atoms with van der Waals surface area (Å²) in [5.74, 6) is -2.10. The molecule has 2 aromatic carbocycles. The minimum atomic E-state index is -3.75. The Hall–Kier alpha value is -2.74. The number of benzene rings is 2. The number of carbonyl (C=O) groups excluding carboxylic acids is 2. The molecule has 0 aliphatic carbocycles. The van der Waals surface area contributed by atoms with Crippen molar-refractivity contribution in [3.8, 4) is 0 Å². The third-order valence-electron chi connectivity index (χ3n) is 4.49. The molecule has 0 heterocycles.